The highest BCUT2D eigenvalue weighted by Gasteiger charge is 2.58. The molecule has 3 aromatic rings. The summed E-state index contributed by atoms with van der Waals surface area (Å²) in [4.78, 5) is 27.6. The molecule has 8 bridgehead atoms. The van der Waals surface area contributed by atoms with Gasteiger partial charge in [0.15, 0.2) is 21.0 Å². The minimum atomic E-state index is -4.26. The molecule has 67 heavy (non-hydrogen) atoms. The summed E-state index contributed by atoms with van der Waals surface area (Å²) in [5.41, 5.74) is -0.994. The lowest BCUT2D eigenvalue weighted by molar-refractivity contribution is -0.225. The van der Waals surface area contributed by atoms with Gasteiger partial charge in [-0.05, 0) is 203 Å². The van der Waals surface area contributed by atoms with Crippen LogP contribution in [0.15, 0.2) is 106 Å². The summed E-state index contributed by atoms with van der Waals surface area (Å²) in [6.07, 6.45) is 14.2. The van der Waals surface area contributed by atoms with E-state index in [1.54, 1.807) is 0 Å². The molecule has 8 fully saturated rings. The Morgan fingerprint density at radius 2 is 1.03 bits per heavy atom. The molecule has 1 atom stereocenters. The van der Waals surface area contributed by atoms with Crippen molar-refractivity contribution in [3.05, 3.63) is 91.0 Å². The summed E-state index contributed by atoms with van der Waals surface area (Å²) in [6, 6.07) is 32.2. The zero-order chi connectivity index (χ0) is 48.6. The van der Waals surface area contributed by atoms with Gasteiger partial charge < -0.3 is 23.9 Å². The molecule has 0 heterocycles. The van der Waals surface area contributed by atoms with Crippen LogP contribution in [0, 0.1) is 57.7 Å². The largest absolute Gasteiger partial charge is 0.748 e. The monoisotopic (exact) mass is 961 g/mol. The van der Waals surface area contributed by atoms with Gasteiger partial charge in [-0.3, -0.25) is 9.59 Å². The molecule has 0 spiro atoms. The molecule has 1 unspecified atom stereocenters. The van der Waals surface area contributed by atoms with E-state index in [1.165, 1.54) is 66.1 Å². The Hall–Kier alpha value is -3.22. The van der Waals surface area contributed by atoms with Crippen molar-refractivity contribution in [1.82, 2.24) is 0 Å². The fraction of sp³-hybridized carbons (Fsp3) is 0.643. The Labute approximate surface area is 406 Å². The van der Waals surface area contributed by atoms with Crippen molar-refractivity contribution in [3.8, 4) is 0 Å². The maximum absolute atomic E-state index is 12.5. The zero-order valence-corrected chi connectivity index (χ0v) is 43.3. The Morgan fingerprint density at radius 1 is 0.657 bits per heavy atom. The molecule has 8 saturated carbocycles. The number of ether oxygens (including phenoxy) is 3. The second-order valence-corrected chi connectivity index (χ2v) is 25.6. The number of hydrogen-bond donors (Lipinski definition) is 1. The fourth-order valence-corrected chi connectivity index (χ4v) is 14.6. The van der Waals surface area contributed by atoms with Crippen LogP contribution >= 0.6 is 0 Å². The second kappa shape index (κ2) is 22.7. The summed E-state index contributed by atoms with van der Waals surface area (Å²) in [6.45, 7) is 16.2. The predicted octanol–water partition coefficient (Wildman–Crippen LogP) is 12.0. The van der Waals surface area contributed by atoms with E-state index in [0.717, 1.165) is 43.9 Å². The number of aliphatic hydroxyl groups is 1. The molecule has 11 heteroatoms. The summed E-state index contributed by atoms with van der Waals surface area (Å²) < 4.78 is 47.9. The van der Waals surface area contributed by atoms with Gasteiger partial charge in [-0.25, -0.2) is 8.42 Å². The van der Waals surface area contributed by atoms with E-state index >= 15 is 0 Å². The molecule has 370 valence electrons. The van der Waals surface area contributed by atoms with E-state index in [1.807, 2.05) is 41.5 Å². The minimum Gasteiger partial charge on any atom is -0.748 e. The van der Waals surface area contributed by atoms with Gasteiger partial charge in [0.25, 0.3) is 0 Å². The highest BCUT2D eigenvalue weighted by atomic mass is 32.2. The molecule has 0 aliphatic heterocycles. The SMILES string of the molecule is CCC(C)(C)C(=O)OC1(C)C2CC3CC(C2)CC1C3.CCOC(=O)C(C)(C)CC.O=S(=O)([O-])CCOC(O)C12CC3CC(CC(C3)C1)C2.c1ccc([S+](c2ccccc2)c2ccccc2)cc1. The smallest absolute Gasteiger partial charge is 0.312 e. The van der Waals surface area contributed by atoms with Gasteiger partial charge in [-0.1, -0.05) is 68.4 Å². The summed E-state index contributed by atoms with van der Waals surface area (Å²) in [7, 11) is -4.28. The Kier molecular flexibility index (Phi) is 18.0. The van der Waals surface area contributed by atoms with E-state index < -0.39 is 22.2 Å². The Balaban J connectivity index is 0.000000151. The second-order valence-electron chi connectivity index (χ2n) is 22.1. The molecule has 3 aromatic carbocycles. The number of aliphatic hydroxyl groups excluding tert-OH is 1. The van der Waals surface area contributed by atoms with Gasteiger partial charge in [0, 0.05) is 5.41 Å². The Bertz CT molecular complexity index is 1980. The molecule has 0 aromatic heterocycles. The van der Waals surface area contributed by atoms with Gasteiger partial charge >= 0.3 is 11.9 Å². The fourth-order valence-electron chi connectivity index (χ4n) is 12.2. The van der Waals surface area contributed by atoms with Crippen molar-refractivity contribution >= 4 is 33.0 Å². The number of carbonyl (C=O) groups is 2. The minimum absolute atomic E-state index is 0.0146. The maximum atomic E-state index is 12.5. The van der Waals surface area contributed by atoms with Crippen LogP contribution in [0.2, 0.25) is 0 Å². The lowest BCUT2D eigenvalue weighted by Crippen LogP contribution is -2.58. The number of rotatable bonds is 14. The van der Waals surface area contributed by atoms with Crippen LogP contribution in [0.1, 0.15) is 139 Å². The van der Waals surface area contributed by atoms with Crippen molar-refractivity contribution < 1.29 is 41.9 Å². The summed E-state index contributed by atoms with van der Waals surface area (Å²) in [5.74, 6) is 4.56. The zero-order valence-electron chi connectivity index (χ0n) is 41.6. The first-order chi connectivity index (χ1) is 31.7. The molecule has 1 N–H and O–H groups in total. The van der Waals surface area contributed by atoms with Crippen LogP contribution in [-0.2, 0) is 44.8 Å². The van der Waals surface area contributed by atoms with E-state index in [4.69, 9.17) is 14.2 Å². The lowest BCUT2D eigenvalue weighted by Gasteiger charge is -2.59. The van der Waals surface area contributed by atoms with Crippen molar-refractivity contribution in [2.75, 3.05) is 19.0 Å². The first-order valence-corrected chi connectivity index (χ1v) is 28.0. The average Bonchev–Trinajstić information content (AvgIpc) is 3.29. The first-order valence-electron chi connectivity index (χ1n) is 25.2. The molecule has 11 rings (SSSR count). The quantitative estimate of drug-likeness (QED) is 0.0724. The van der Waals surface area contributed by atoms with E-state index in [0.29, 0.717) is 36.2 Å². The van der Waals surface area contributed by atoms with E-state index in [-0.39, 0.29) is 51.3 Å². The van der Waals surface area contributed by atoms with Crippen molar-refractivity contribution in [1.29, 1.82) is 0 Å². The van der Waals surface area contributed by atoms with Crippen LogP contribution in [0.25, 0.3) is 0 Å². The van der Waals surface area contributed by atoms with E-state index in [2.05, 4.69) is 105 Å². The van der Waals surface area contributed by atoms with Crippen LogP contribution in [0.5, 0.6) is 0 Å². The molecule has 9 nitrogen and oxygen atoms in total. The normalized spacial score (nSPS) is 29.3. The van der Waals surface area contributed by atoms with Crippen molar-refractivity contribution in [3.63, 3.8) is 0 Å². The molecular formula is C56H80O9S2. The molecule has 8 aliphatic carbocycles. The molecular weight excluding hydrogens is 881 g/mol. The van der Waals surface area contributed by atoms with E-state index in [9.17, 15) is 27.7 Å². The van der Waals surface area contributed by atoms with Gasteiger partial charge in [0.05, 0.1) is 50.8 Å². The topological polar surface area (TPSA) is 139 Å². The average molecular weight is 961 g/mol. The number of hydrogen-bond acceptors (Lipinski definition) is 9. The van der Waals surface area contributed by atoms with Gasteiger partial charge in [0.1, 0.15) is 5.60 Å². The lowest BCUT2D eigenvalue weighted by atomic mass is 9.49. The van der Waals surface area contributed by atoms with Crippen LogP contribution in [-0.4, -0.2) is 60.9 Å². The summed E-state index contributed by atoms with van der Waals surface area (Å²) >= 11 is 0. The van der Waals surface area contributed by atoms with Crippen molar-refractivity contribution in [2.24, 2.45) is 57.7 Å². The number of benzene rings is 3. The van der Waals surface area contributed by atoms with Crippen LogP contribution in [0.4, 0.5) is 0 Å². The van der Waals surface area contributed by atoms with Crippen LogP contribution in [0.3, 0.4) is 0 Å². The summed E-state index contributed by atoms with van der Waals surface area (Å²) in [5, 5.41) is 10.3. The third kappa shape index (κ3) is 13.6. The number of carbonyl (C=O) groups excluding carboxylic acids is 2. The molecule has 0 saturated heterocycles. The third-order valence-electron chi connectivity index (χ3n) is 16.4. The molecule has 0 amide bonds. The number of esters is 2. The highest BCUT2D eigenvalue weighted by Crippen LogP contribution is 2.62. The van der Waals surface area contributed by atoms with Crippen molar-refractivity contribution in [2.45, 2.75) is 165 Å². The highest BCUT2D eigenvalue weighted by molar-refractivity contribution is 7.97. The van der Waals surface area contributed by atoms with Gasteiger partial charge in [-0.2, -0.15) is 0 Å². The Morgan fingerprint density at radius 3 is 1.39 bits per heavy atom. The third-order valence-corrected chi connectivity index (χ3v) is 19.3. The molecule has 8 aliphatic rings. The molecule has 0 radical (unpaired) electrons. The maximum Gasteiger partial charge on any atom is 0.312 e. The first kappa shape index (κ1) is 53.1. The van der Waals surface area contributed by atoms with Gasteiger partial charge in [-0.15, -0.1) is 0 Å². The van der Waals surface area contributed by atoms with Gasteiger partial charge in [0.2, 0.25) is 0 Å². The predicted molar refractivity (Wildman–Crippen MR) is 265 cm³/mol. The van der Waals surface area contributed by atoms with Crippen LogP contribution < -0.4 is 0 Å². The standard InChI is InChI=1S/C18H15S.C17H28O2.C13H22O5S.C8H16O2/c1-4-10-16(11-5-1)19(17-12-6-2-7-13-17)18-14-8-3-9-15-18;1-5-16(2,3)15(18)19-17(4)13-7-11-6-12(9-13)10-14(17)8-11;14-12(18-1-2-19(15,16)17)13-6-9-3-10(7-13)5-11(4-9)8-13;1-5-8(3,4)7(9)10-6-2/h1-15H;11-14H,5-10H2,1-4H3;9-12,14H,1-8H2,(H,15,16,17);5-6H2,1-4H3/q+1;;;/p-1.